The van der Waals surface area contributed by atoms with Gasteiger partial charge in [0.05, 0.1) is 5.92 Å². The Bertz CT molecular complexity index is 559. The summed E-state index contributed by atoms with van der Waals surface area (Å²) in [6.45, 7) is 6.37. The molecular weight excluding hydrogens is 294 g/mol. The lowest BCUT2D eigenvalue weighted by molar-refractivity contribution is -0.141. The average molecular weight is 319 g/mol. The molecule has 0 radical (unpaired) electrons. The Kier molecular flexibility index (Phi) is 5.29. The molecule has 2 atom stereocenters. The maximum absolute atomic E-state index is 11.9. The van der Waals surface area contributed by atoms with Gasteiger partial charge in [-0.25, -0.2) is 0 Å². The van der Waals surface area contributed by atoms with Crippen LogP contribution in [0.15, 0.2) is 24.3 Å². The Morgan fingerprint density at radius 1 is 1.22 bits per heavy atom. The van der Waals surface area contributed by atoms with E-state index >= 15 is 0 Å². The number of hydrogen-bond donors (Lipinski definition) is 2. The van der Waals surface area contributed by atoms with Crippen LogP contribution in [0, 0.1) is 5.92 Å². The van der Waals surface area contributed by atoms with Crippen LogP contribution in [0.3, 0.4) is 0 Å². The number of ether oxygens (including phenoxy) is 1. The van der Waals surface area contributed by atoms with Crippen molar-refractivity contribution < 1.29 is 19.4 Å². The first-order chi connectivity index (χ1) is 10.8. The van der Waals surface area contributed by atoms with Crippen LogP contribution in [-0.4, -0.2) is 29.6 Å². The second-order valence-electron chi connectivity index (χ2n) is 7.18. The summed E-state index contributed by atoms with van der Waals surface area (Å²) in [4.78, 5) is 22.8. The number of benzene rings is 1. The number of carbonyl (C=O) groups excluding carboxylic acids is 1. The van der Waals surface area contributed by atoms with Crippen LogP contribution >= 0.6 is 0 Å². The highest BCUT2D eigenvalue weighted by Gasteiger charge is 2.30. The molecule has 1 aliphatic carbocycles. The quantitative estimate of drug-likeness (QED) is 0.875. The first-order valence-electron chi connectivity index (χ1n) is 8.01. The Morgan fingerprint density at radius 3 is 2.39 bits per heavy atom. The molecule has 0 aromatic heterocycles. The summed E-state index contributed by atoms with van der Waals surface area (Å²) in [6, 6.07) is 7.67. The van der Waals surface area contributed by atoms with Gasteiger partial charge < -0.3 is 15.2 Å². The molecule has 2 rings (SSSR count). The smallest absolute Gasteiger partial charge is 0.306 e. The Morgan fingerprint density at radius 2 is 1.87 bits per heavy atom. The summed E-state index contributed by atoms with van der Waals surface area (Å²) >= 11 is 0. The summed E-state index contributed by atoms with van der Waals surface area (Å²) in [5, 5.41) is 11.8. The highest BCUT2D eigenvalue weighted by atomic mass is 16.5. The molecule has 5 nitrogen and oxygen atoms in total. The van der Waals surface area contributed by atoms with Crippen molar-refractivity contribution in [3.8, 4) is 5.75 Å². The monoisotopic (exact) mass is 319 g/mol. The average Bonchev–Trinajstić information content (AvgIpc) is 2.93. The molecule has 0 unspecified atom stereocenters. The Balaban J connectivity index is 1.77. The molecule has 1 aromatic carbocycles. The molecule has 1 fully saturated rings. The third-order valence-corrected chi connectivity index (χ3v) is 4.24. The van der Waals surface area contributed by atoms with E-state index in [0.29, 0.717) is 25.0 Å². The van der Waals surface area contributed by atoms with Crippen molar-refractivity contribution in [1.82, 2.24) is 5.32 Å². The molecule has 23 heavy (non-hydrogen) atoms. The Hall–Kier alpha value is -2.04. The van der Waals surface area contributed by atoms with E-state index in [2.05, 4.69) is 26.1 Å². The van der Waals surface area contributed by atoms with Gasteiger partial charge in [-0.05, 0) is 42.4 Å². The third kappa shape index (κ3) is 4.98. The van der Waals surface area contributed by atoms with Crippen LogP contribution < -0.4 is 10.1 Å². The van der Waals surface area contributed by atoms with Gasteiger partial charge in [-0.1, -0.05) is 32.9 Å². The normalized spacial score (nSPS) is 21.0. The van der Waals surface area contributed by atoms with Gasteiger partial charge in [-0.2, -0.15) is 0 Å². The van der Waals surface area contributed by atoms with Gasteiger partial charge >= 0.3 is 5.97 Å². The number of aliphatic carboxylic acids is 1. The number of rotatable bonds is 5. The predicted octanol–water partition coefficient (Wildman–Crippen LogP) is 2.73. The molecular formula is C18H25NO4. The zero-order valence-electron chi connectivity index (χ0n) is 14.0. The van der Waals surface area contributed by atoms with E-state index in [0.717, 1.165) is 0 Å². The number of hydrogen-bond acceptors (Lipinski definition) is 3. The van der Waals surface area contributed by atoms with Gasteiger partial charge in [-0.15, -0.1) is 0 Å². The summed E-state index contributed by atoms with van der Waals surface area (Å²) in [5.74, 6) is -0.674. The number of carboxylic acid groups (broad SMARTS) is 1. The SMILES string of the molecule is CC(C)(C)c1ccc(OCC(=O)N[C@H]2CC[C@@H](C(=O)O)C2)cc1. The molecule has 126 valence electrons. The summed E-state index contributed by atoms with van der Waals surface area (Å²) in [5.41, 5.74) is 1.29. The first kappa shape index (κ1) is 17.3. The van der Waals surface area contributed by atoms with Crippen molar-refractivity contribution in [2.75, 3.05) is 6.61 Å². The van der Waals surface area contributed by atoms with Crippen molar-refractivity contribution in [2.45, 2.75) is 51.5 Å². The van der Waals surface area contributed by atoms with E-state index in [1.54, 1.807) is 0 Å². The van der Waals surface area contributed by atoms with Gasteiger partial charge in [0.2, 0.25) is 0 Å². The van der Waals surface area contributed by atoms with E-state index in [1.807, 2.05) is 24.3 Å². The number of carbonyl (C=O) groups is 2. The van der Waals surface area contributed by atoms with Gasteiger partial charge in [0.25, 0.3) is 5.91 Å². The van der Waals surface area contributed by atoms with Crippen LogP contribution in [0.1, 0.15) is 45.6 Å². The molecule has 0 spiro atoms. The first-order valence-corrected chi connectivity index (χ1v) is 8.01. The molecule has 0 aliphatic heterocycles. The fraction of sp³-hybridized carbons (Fsp3) is 0.556. The van der Waals surface area contributed by atoms with Gasteiger partial charge in [-0.3, -0.25) is 9.59 Å². The summed E-state index contributed by atoms with van der Waals surface area (Å²) < 4.78 is 5.49. The second-order valence-corrected chi connectivity index (χ2v) is 7.18. The third-order valence-electron chi connectivity index (χ3n) is 4.24. The molecule has 0 heterocycles. The molecule has 0 bridgehead atoms. The summed E-state index contributed by atoms with van der Waals surface area (Å²) in [7, 11) is 0. The van der Waals surface area contributed by atoms with Crippen LogP contribution in [0.25, 0.3) is 0 Å². The maximum atomic E-state index is 11.9. The molecule has 2 N–H and O–H groups in total. The molecule has 1 saturated carbocycles. The summed E-state index contributed by atoms with van der Waals surface area (Å²) in [6.07, 6.45) is 1.83. The van der Waals surface area contributed by atoms with Crippen molar-refractivity contribution in [3.05, 3.63) is 29.8 Å². The minimum Gasteiger partial charge on any atom is -0.484 e. The van der Waals surface area contributed by atoms with Crippen molar-refractivity contribution in [3.63, 3.8) is 0 Å². The zero-order chi connectivity index (χ0) is 17.0. The second kappa shape index (κ2) is 7.02. The maximum Gasteiger partial charge on any atom is 0.306 e. The minimum absolute atomic E-state index is 0.0525. The standard InChI is InChI=1S/C18H25NO4/c1-18(2,3)13-5-8-15(9-6-13)23-11-16(20)19-14-7-4-12(10-14)17(21)22/h5-6,8-9,12,14H,4,7,10-11H2,1-3H3,(H,19,20)(H,21,22)/t12-,14+/m1/s1. The lowest BCUT2D eigenvalue weighted by atomic mass is 9.87. The van der Waals surface area contributed by atoms with Gasteiger partial charge in [0, 0.05) is 6.04 Å². The van der Waals surface area contributed by atoms with Crippen molar-refractivity contribution in [2.24, 2.45) is 5.92 Å². The lowest BCUT2D eigenvalue weighted by Gasteiger charge is -2.19. The predicted molar refractivity (Wildman–Crippen MR) is 87.5 cm³/mol. The van der Waals surface area contributed by atoms with Crippen LogP contribution in [0.4, 0.5) is 0 Å². The van der Waals surface area contributed by atoms with Crippen molar-refractivity contribution >= 4 is 11.9 Å². The Labute approximate surface area is 137 Å². The molecule has 5 heteroatoms. The van der Waals surface area contributed by atoms with Crippen molar-refractivity contribution in [1.29, 1.82) is 0 Å². The van der Waals surface area contributed by atoms with Gasteiger partial charge in [0.1, 0.15) is 5.75 Å². The van der Waals surface area contributed by atoms with E-state index in [4.69, 9.17) is 9.84 Å². The molecule has 1 aliphatic rings. The largest absolute Gasteiger partial charge is 0.484 e. The number of nitrogens with one attached hydrogen (secondary N) is 1. The van der Waals surface area contributed by atoms with Crippen LogP contribution in [-0.2, 0) is 15.0 Å². The fourth-order valence-corrected chi connectivity index (χ4v) is 2.81. The van der Waals surface area contributed by atoms with E-state index in [9.17, 15) is 9.59 Å². The topological polar surface area (TPSA) is 75.6 Å². The van der Waals surface area contributed by atoms with E-state index in [1.165, 1.54) is 5.56 Å². The van der Waals surface area contributed by atoms with E-state index < -0.39 is 5.97 Å². The molecule has 0 saturated heterocycles. The minimum atomic E-state index is -0.781. The highest BCUT2D eigenvalue weighted by Crippen LogP contribution is 2.26. The van der Waals surface area contributed by atoms with E-state index in [-0.39, 0.29) is 29.9 Å². The zero-order valence-corrected chi connectivity index (χ0v) is 14.0. The van der Waals surface area contributed by atoms with Crippen LogP contribution in [0.5, 0.6) is 5.75 Å². The molecule has 1 amide bonds. The van der Waals surface area contributed by atoms with Crippen LogP contribution in [0.2, 0.25) is 0 Å². The highest BCUT2D eigenvalue weighted by molar-refractivity contribution is 5.78. The van der Waals surface area contributed by atoms with Gasteiger partial charge in [0.15, 0.2) is 6.61 Å². The number of carboxylic acids is 1. The lowest BCUT2D eigenvalue weighted by Crippen LogP contribution is -2.36. The fourth-order valence-electron chi connectivity index (χ4n) is 2.81. The number of amides is 1. The molecule has 1 aromatic rings.